The molecule has 0 bridgehead atoms. The number of halogens is 1. The van der Waals surface area contributed by atoms with E-state index in [9.17, 15) is 13.7 Å². The van der Waals surface area contributed by atoms with E-state index in [0.717, 1.165) is 10.7 Å². The Balaban J connectivity index is 1.81. The number of sulfone groups is 1. The third-order valence-electron chi connectivity index (χ3n) is 4.76. The molecule has 0 spiro atoms. The first-order valence-corrected chi connectivity index (χ1v) is 12.2. The number of thiazole rings is 1. The lowest BCUT2D eigenvalue weighted by Crippen LogP contribution is -2.36. The van der Waals surface area contributed by atoms with Crippen molar-refractivity contribution >= 4 is 44.0 Å². The van der Waals surface area contributed by atoms with Gasteiger partial charge in [-0.2, -0.15) is 5.26 Å². The minimum atomic E-state index is -3.99. The molecule has 0 saturated carbocycles. The Morgan fingerprint density at radius 2 is 1.81 bits per heavy atom. The summed E-state index contributed by atoms with van der Waals surface area (Å²) in [5.74, 6) is 0. The summed E-state index contributed by atoms with van der Waals surface area (Å²) in [6.45, 7) is 2.64. The highest BCUT2D eigenvalue weighted by Gasteiger charge is 2.24. The van der Waals surface area contributed by atoms with Crippen LogP contribution in [0.3, 0.4) is 0 Å². The van der Waals surface area contributed by atoms with Crippen LogP contribution >= 0.6 is 22.9 Å². The number of morpholine rings is 1. The van der Waals surface area contributed by atoms with Crippen LogP contribution in [-0.4, -0.2) is 39.7 Å². The maximum absolute atomic E-state index is 13.1. The Morgan fingerprint density at radius 3 is 2.45 bits per heavy atom. The molecule has 9 heteroatoms. The van der Waals surface area contributed by atoms with Gasteiger partial charge in [-0.1, -0.05) is 53.3 Å². The molecule has 0 radical (unpaired) electrons. The maximum Gasteiger partial charge on any atom is 0.216 e. The fourth-order valence-corrected chi connectivity index (χ4v) is 5.56. The molecular weight excluding hydrogens is 454 g/mol. The lowest BCUT2D eigenvalue weighted by molar-refractivity contribution is 0.122. The second-order valence-electron chi connectivity index (χ2n) is 6.75. The van der Waals surface area contributed by atoms with Crippen LogP contribution in [0.25, 0.3) is 17.3 Å². The number of hydrogen-bond donors (Lipinski definition) is 0. The Hall–Kier alpha value is -2.70. The molecule has 1 aliphatic rings. The van der Waals surface area contributed by atoms with Crippen LogP contribution in [0.1, 0.15) is 4.88 Å². The Morgan fingerprint density at radius 1 is 1.13 bits per heavy atom. The lowest BCUT2D eigenvalue weighted by atomic mass is 10.1. The molecule has 1 aliphatic heterocycles. The molecule has 0 amide bonds. The summed E-state index contributed by atoms with van der Waals surface area (Å²) >= 11 is 7.24. The summed E-state index contributed by atoms with van der Waals surface area (Å²) in [4.78, 5) is 7.18. The van der Waals surface area contributed by atoms with Gasteiger partial charge in [0.1, 0.15) is 6.07 Å². The second kappa shape index (κ2) is 9.20. The number of aromatic nitrogens is 1. The van der Waals surface area contributed by atoms with Crippen molar-refractivity contribution in [1.29, 1.82) is 5.26 Å². The minimum Gasteiger partial charge on any atom is -0.378 e. The van der Waals surface area contributed by atoms with Crippen molar-refractivity contribution < 1.29 is 13.2 Å². The second-order valence-corrected chi connectivity index (χ2v) is 10.1. The molecule has 0 aliphatic carbocycles. The van der Waals surface area contributed by atoms with Gasteiger partial charge in [0, 0.05) is 23.7 Å². The Kier molecular flexibility index (Phi) is 6.39. The van der Waals surface area contributed by atoms with Crippen LogP contribution in [0, 0.1) is 11.3 Å². The fourth-order valence-electron chi connectivity index (χ4n) is 3.14. The molecule has 6 nitrogen and oxygen atoms in total. The average Bonchev–Trinajstić information content (AvgIpc) is 3.23. The molecule has 0 N–H and O–H groups in total. The summed E-state index contributed by atoms with van der Waals surface area (Å²) in [5.41, 5.74) is 1.50. The van der Waals surface area contributed by atoms with Gasteiger partial charge in [0.15, 0.2) is 10.0 Å². The standard InChI is InChI=1S/C22H18ClN3O3S2/c23-17-6-8-18(9-7-17)31(27,28)19(15-24)14-20-21(16-4-2-1-3-5-16)25-22(30-20)26-10-12-29-13-11-26/h1-9,14H,10-13H2/b19-14+. The molecule has 2 heterocycles. The lowest BCUT2D eigenvalue weighted by Gasteiger charge is -2.26. The summed E-state index contributed by atoms with van der Waals surface area (Å²) < 4.78 is 31.5. The molecule has 2 aromatic carbocycles. The molecule has 31 heavy (non-hydrogen) atoms. The molecule has 0 unspecified atom stereocenters. The zero-order valence-electron chi connectivity index (χ0n) is 16.4. The highest BCUT2D eigenvalue weighted by molar-refractivity contribution is 7.95. The van der Waals surface area contributed by atoms with Crippen LogP contribution in [0.2, 0.25) is 5.02 Å². The molecular formula is C22H18ClN3O3S2. The summed E-state index contributed by atoms with van der Waals surface area (Å²) in [6.07, 6.45) is 1.41. The molecule has 1 saturated heterocycles. The summed E-state index contributed by atoms with van der Waals surface area (Å²) in [7, 11) is -3.99. The van der Waals surface area contributed by atoms with E-state index in [1.54, 1.807) is 0 Å². The molecule has 3 aromatic rings. The molecule has 158 valence electrons. The molecule has 1 fully saturated rings. The number of allylic oxidation sites excluding steroid dienone is 1. The quantitative estimate of drug-likeness (QED) is 0.504. The summed E-state index contributed by atoms with van der Waals surface area (Å²) in [6, 6.07) is 17.1. The zero-order chi connectivity index (χ0) is 21.8. The predicted molar refractivity (Wildman–Crippen MR) is 123 cm³/mol. The zero-order valence-corrected chi connectivity index (χ0v) is 18.8. The SMILES string of the molecule is N#C/C(=C\c1sc(N2CCOCC2)nc1-c1ccccc1)S(=O)(=O)c1ccc(Cl)cc1. The van der Waals surface area contributed by atoms with Crippen molar-refractivity contribution in [2.24, 2.45) is 0 Å². The monoisotopic (exact) mass is 471 g/mol. The van der Waals surface area contributed by atoms with Crippen LogP contribution < -0.4 is 4.90 Å². The van der Waals surface area contributed by atoms with Gasteiger partial charge in [0.25, 0.3) is 0 Å². The smallest absolute Gasteiger partial charge is 0.216 e. The van der Waals surface area contributed by atoms with Crippen molar-refractivity contribution in [3.05, 3.63) is 69.4 Å². The van der Waals surface area contributed by atoms with Crippen LogP contribution in [0.15, 0.2) is 64.4 Å². The van der Waals surface area contributed by atoms with Crippen molar-refractivity contribution in [3.63, 3.8) is 0 Å². The minimum absolute atomic E-state index is 0.0175. The van der Waals surface area contributed by atoms with Crippen LogP contribution in [-0.2, 0) is 14.6 Å². The molecule has 4 rings (SSSR count). The maximum atomic E-state index is 13.1. The van der Waals surface area contributed by atoms with Crippen molar-refractivity contribution in [3.8, 4) is 17.3 Å². The number of nitrogens with zero attached hydrogens (tertiary/aromatic N) is 3. The van der Waals surface area contributed by atoms with Crippen LogP contribution in [0.5, 0.6) is 0 Å². The van der Waals surface area contributed by atoms with Gasteiger partial charge in [0.2, 0.25) is 9.84 Å². The van der Waals surface area contributed by atoms with Gasteiger partial charge >= 0.3 is 0 Å². The van der Waals surface area contributed by atoms with E-state index in [1.165, 1.54) is 41.7 Å². The van der Waals surface area contributed by atoms with Gasteiger partial charge in [-0.15, -0.1) is 0 Å². The Bertz CT molecular complexity index is 1240. The number of nitriles is 1. The van der Waals surface area contributed by atoms with Crippen molar-refractivity contribution in [1.82, 2.24) is 4.98 Å². The first kappa shape index (κ1) is 21.5. The van der Waals surface area contributed by atoms with Gasteiger partial charge < -0.3 is 9.64 Å². The average molecular weight is 472 g/mol. The van der Waals surface area contributed by atoms with Gasteiger partial charge in [-0.05, 0) is 30.3 Å². The summed E-state index contributed by atoms with van der Waals surface area (Å²) in [5, 5.41) is 10.9. The number of rotatable bonds is 5. The van der Waals surface area contributed by atoms with Crippen molar-refractivity contribution in [2.45, 2.75) is 4.90 Å². The first-order chi connectivity index (χ1) is 15.0. The molecule has 1 aromatic heterocycles. The first-order valence-electron chi connectivity index (χ1n) is 9.50. The highest BCUT2D eigenvalue weighted by Crippen LogP contribution is 2.36. The van der Waals surface area contributed by atoms with E-state index in [4.69, 9.17) is 21.3 Å². The molecule has 0 atom stereocenters. The number of benzene rings is 2. The van der Waals surface area contributed by atoms with E-state index in [0.29, 0.717) is 41.9 Å². The third kappa shape index (κ3) is 4.65. The van der Waals surface area contributed by atoms with Crippen LogP contribution in [0.4, 0.5) is 5.13 Å². The number of hydrogen-bond acceptors (Lipinski definition) is 7. The highest BCUT2D eigenvalue weighted by atomic mass is 35.5. The van der Waals surface area contributed by atoms with E-state index in [-0.39, 0.29) is 9.80 Å². The fraction of sp³-hybridized carbons (Fsp3) is 0.182. The number of anilines is 1. The third-order valence-corrected chi connectivity index (χ3v) is 7.75. The number of ether oxygens (including phenoxy) is 1. The topological polar surface area (TPSA) is 83.3 Å². The van der Waals surface area contributed by atoms with Gasteiger partial charge in [-0.25, -0.2) is 13.4 Å². The van der Waals surface area contributed by atoms with Crippen molar-refractivity contribution in [2.75, 3.05) is 31.2 Å². The van der Waals surface area contributed by atoms with E-state index in [1.807, 2.05) is 36.4 Å². The normalized spacial score (nSPS) is 15.0. The van der Waals surface area contributed by atoms with E-state index < -0.39 is 9.84 Å². The van der Waals surface area contributed by atoms with Gasteiger partial charge in [0.05, 0.1) is 28.7 Å². The van der Waals surface area contributed by atoms with E-state index in [2.05, 4.69) is 4.90 Å². The largest absolute Gasteiger partial charge is 0.378 e. The van der Waals surface area contributed by atoms with Gasteiger partial charge in [-0.3, -0.25) is 0 Å². The predicted octanol–water partition coefficient (Wildman–Crippen LogP) is 4.64. The van der Waals surface area contributed by atoms with E-state index >= 15 is 0 Å². The Labute approximate surface area is 189 Å².